The summed E-state index contributed by atoms with van der Waals surface area (Å²) in [6.45, 7) is 4.42. The summed E-state index contributed by atoms with van der Waals surface area (Å²) in [6.07, 6.45) is 16.4. The molecule has 0 aromatic rings. The zero-order valence-electron chi connectivity index (χ0n) is 16.4. The van der Waals surface area contributed by atoms with Crippen LogP contribution in [0.25, 0.3) is 0 Å². The number of carbonyl (C=O) groups excluding carboxylic acids is 1. The van der Waals surface area contributed by atoms with Crippen molar-refractivity contribution >= 4 is 5.97 Å². The van der Waals surface area contributed by atoms with E-state index in [1.807, 2.05) is 6.92 Å². The fourth-order valence-corrected chi connectivity index (χ4v) is 2.67. The van der Waals surface area contributed by atoms with E-state index in [1.165, 1.54) is 44.9 Å². The Morgan fingerprint density at radius 1 is 0.840 bits per heavy atom. The standard InChI is InChI=1S/C21H40O4/c1-3-5-6-7-8-9-10-11-12-13-14-15-16-17-19(22)20(23)21(24)25-18-4-2/h11-12,19-20,22-23H,3-10,13-18H2,1-2H3. The average Bonchev–Trinajstić information content (AvgIpc) is 2.62. The number of esters is 1. The molecule has 148 valence electrons. The molecule has 0 aromatic carbocycles. The van der Waals surface area contributed by atoms with Crippen LogP contribution in [0, 0.1) is 0 Å². The Labute approximate surface area is 154 Å². The number of hydrogen-bond acceptors (Lipinski definition) is 4. The van der Waals surface area contributed by atoms with Gasteiger partial charge in [0.1, 0.15) is 0 Å². The third-order valence-electron chi connectivity index (χ3n) is 4.32. The third kappa shape index (κ3) is 15.1. The van der Waals surface area contributed by atoms with E-state index in [9.17, 15) is 15.0 Å². The first kappa shape index (κ1) is 24.1. The van der Waals surface area contributed by atoms with Crippen LogP contribution in [-0.2, 0) is 9.53 Å². The summed E-state index contributed by atoms with van der Waals surface area (Å²) in [5, 5.41) is 19.5. The third-order valence-corrected chi connectivity index (χ3v) is 4.32. The molecule has 0 aliphatic rings. The summed E-state index contributed by atoms with van der Waals surface area (Å²) in [5.74, 6) is -0.716. The molecular weight excluding hydrogens is 316 g/mol. The van der Waals surface area contributed by atoms with E-state index >= 15 is 0 Å². The molecule has 0 amide bonds. The van der Waals surface area contributed by atoms with Crippen molar-refractivity contribution in [1.29, 1.82) is 0 Å². The Morgan fingerprint density at radius 3 is 2.00 bits per heavy atom. The smallest absolute Gasteiger partial charge is 0.337 e. The van der Waals surface area contributed by atoms with Gasteiger partial charge in [-0.15, -0.1) is 0 Å². The molecule has 0 heterocycles. The van der Waals surface area contributed by atoms with Crippen LogP contribution < -0.4 is 0 Å². The van der Waals surface area contributed by atoms with E-state index < -0.39 is 18.2 Å². The van der Waals surface area contributed by atoms with Gasteiger partial charge in [0.05, 0.1) is 12.7 Å². The molecule has 4 heteroatoms. The Morgan fingerprint density at radius 2 is 1.40 bits per heavy atom. The van der Waals surface area contributed by atoms with Crippen molar-refractivity contribution in [1.82, 2.24) is 0 Å². The fraction of sp³-hybridized carbons (Fsp3) is 0.857. The fourth-order valence-electron chi connectivity index (χ4n) is 2.67. The van der Waals surface area contributed by atoms with Crippen LogP contribution in [0.5, 0.6) is 0 Å². The molecule has 25 heavy (non-hydrogen) atoms. The van der Waals surface area contributed by atoms with Crippen molar-refractivity contribution in [2.75, 3.05) is 6.61 Å². The van der Waals surface area contributed by atoms with Crippen molar-refractivity contribution in [3.63, 3.8) is 0 Å². The highest BCUT2D eigenvalue weighted by molar-refractivity contribution is 5.75. The number of carbonyl (C=O) groups is 1. The first-order valence-corrected chi connectivity index (χ1v) is 10.3. The van der Waals surface area contributed by atoms with Gasteiger partial charge in [0.2, 0.25) is 0 Å². The van der Waals surface area contributed by atoms with E-state index in [-0.39, 0.29) is 6.61 Å². The zero-order valence-corrected chi connectivity index (χ0v) is 16.4. The summed E-state index contributed by atoms with van der Waals surface area (Å²) < 4.78 is 4.83. The van der Waals surface area contributed by atoms with Crippen LogP contribution >= 0.6 is 0 Å². The van der Waals surface area contributed by atoms with Crippen molar-refractivity contribution in [3.05, 3.63) is 12.2 Å². The van der Waals surface area contributed by atoms with Gasteiger partial charge in [-0.2, -0.15) is 0 Å². The zero-order chi connectivity index (χ0) is 18.8. The summed E-state index contributed by atoms with van der Waals surface area (Å²) >= 11 is 0. The van der Waals surface area contributed by atoms with Gasteiger partial charge in [0.25, 0.3) is 0 Å². The lowest BCUT2D eigenvalue weighted by atomic mass is 10.0. The Hall–Kier alpha value is -0.870. The monoisotopic (exact) mass is 356 g/mol. The highest BCUT2D eigenvalue weighted by Gasteiger charge is 2.24. The summed E-state index contributed by atoms with van der Waals surface area (Å²) in [5.41, 5.74) is 0. The minimum Gasteiger partial charge on any atom is -0.464 e. The van der Waals surface area contributed by atoms with Crippen molar-refractivity contribution in [2.24, 2.45) is 0 Å². The van der Waals surface area contributed by atoms with E-state index in [0.717, 1.165) is 25.7 Å². The number of ether oxygens (including phenoxy) is 1. The van der Waals surface area contributed by atoms with Gasteiger partial charge in [-0.3, -0.25) is 0 Å². The Balaban J connectivity index is 3.47. The minimum atomic E-state index is -1.41. The number of aliphatic hydroxyl groups is 2. The maximum atomic E-state index is 11.4. The number of aliphatic hydroxyl groups excluding tert-OH is 2. The molecular formula is C21H40O4. The molecule has 0 fully saturated rings. The van der Waals surface area contributed by atoms with Crippen molar-refractivity contribution < 1.29 is 19.7 Å². The molecule has 0 spiro atoms. The summed E-state index contributed by atoms with van der Waals surface area (Å²) in [7, 11) is 0. The molecule has 0 saturated carbocycles. The maximum absolute atomic E-state index is 11.4. The van der Waals surface area contributed by atoms with Gasteiger partial charge in [-0.1, -0.05) is 70.9 Å². The van der Waals surface area contributed by atoms with Gasteiger partial charge < -0.3 is 14.9 Å². The molecule has 0 bridgehead atoms. The second-order valence-electron chi connectivity index (χ2n) is 6.85. The normalized spacial score (nSPS) is 13.9. The average molecular weight is 357 g/mol. The quantitative estimate of drug-likeness (QED) is 0.220. The van der Waals surface area contributed by atoms with E-state index in [0.29, 0.717) is 12.8 Å². The SMILES string of the molecule is CCCCCCCCC=CCCCCCC(O)C(O)C(=O)OCCC. The molecule has 0 radical (unpaired) electrons. The number of hydrogen-bond donors (Lipinski definition) is 2. The van der Waals surface area contributed by atoms with Gasteiger partial charge >= 0.3 is 5.97 Å². The van der Waals surface area contributed by atoms with Gasteiger partial charge in [0, 0.05) is 0 Å². The highest BCUT2D eigenvalue weighted by atomic mass is 16.5. The van der Waals surface area contributed by atoms with Crippen LogP contribution in [0.15, 0.2) is 12.2 Å². The largest absolute Gasteiger partial charge is 0.464 e. The molecule has 0 saturated heterocycles. The molecule has 2 N–H and O–H groups in total. The lowest BCUT2D eigenvalue weighted by molar-refractivity contribution is -0.159. The molecule has 4 nitrogen and oxygen atoms in total. The number of rotatable bonds is 17. The highest BCUT2D eigenvalue weighted by Crippen LogP contribution is 2.11. The Bertz CT molecular complexity index is 328. The first-order valence-electron chi connectivity index (χ1n) is 10.3. The predicted molar refractivity (Wildman–Crippen MR) is 103 cm³/mol. The van der Waals surface area contributed by atoms with Crippen LogP contribution in [0.4, 0.5) is 0 Å². The van der Waals surface area contributed by atoms with Crippen molar-refractivity contribution in [3.8, 4) is 0 Å². The lowest BCUT2D eigenvalue weighted by Crippen LogP contribution is -2.35. The van der Waals surface area contributed by atoms with Gasteiger partial charge in [-0.25, -0.2) is 4.79 Å². The lowest BCUT2D eigenvalue weighted by Gasteiger charge is -2.16. The van der Waals surface area contributed by atoms with Crippen LogP contribution in [0.3, 0.4) is 0 Å². The molecule has 0 aromatic heterocycles. The van der Waals surface area contributed by atoms with Crippen LogP contribution in [0.2, 0.25) is 0 Å². The first-order chi connectivity index (χ1) is 12.1. The van der Waals surface area contributed by atoms with Crippen LogP contribution in [0.1, 0.15) is 97.3 Å². The van der Waals surface area contributed by atoms with E-state index in [4.69, 9.17) is 4.74 Å². The van der Waals surface area contributed by atoms with E-state index in [2.05, 4.69) is 19.1 Å². The second-order valence-corrected chi connectivity index (χ2v) is 6.85. The maximum Gasteiger partial charge on any atom is 0.337 e. The molecule has 0 rings (SSSR count). The number of unbranched alkanes of at least 4 members (excludes halogenated alkanes) is 9. The van der Waals surface area contributed by atoms with Gasteiger partial charge in [-0.05, 0) is 38.5 Å². The van der Waals surface area contributed by atoms with Gasteiger partial charge in [0.15, 0.2) is 6.10 Å². The van der Waals surface area contributed by atoms with Crippen LogP contribution in [-0.4, -0.2) is 35.0 Å². The van der Waals surface area contributed by atoms with Crippen molar-refractivity contribution in [2.45, 2.75) is 110 Å². The summed E-state index contributed by atoms with van der Waals surface area (Å²) in [6, 6.07) is 0. The minimum absolute atomic E-state index is 0.285. The Kier molecular flexibility index (Phi) is 17.3. The molecule has 2 atom stereocenters. The predicted octanol–water partition coefficient (Wildman–Crippen LogP) is 4.92. The molecule has 0 aliphatic heterocycles. The van der Waals surface area contributed by atoms with E-state index in [1.54, 1.807) is 0 Å². The molecule has 0 aliphatic carbocycles. The summed E-state index contributed by atoms with van der Waals surface area (Å²) in [4.78, 5) is 11.4. The number of allylic oxidation sites excluding steroid dienone is 2. The topological polar surface area (TPSA) is 66.8 Å². The molecule has 2 unspecified atom stereocenters. The second kappa shape index (κ2) is 17.9.